The number of carboxylic acids is 1. The number of hydrogen-bond donors (Lipinski definition) is 5. The van der Waals surface area contributed by atoms with Crippen LogP contribution in [-0.2, 0) is 19.1 Å². The molecule has 6 aliphatic rings. The first-order valence-corrected chi connectivity index (χ1v) is 17.8. The van der Waals surface area contributed by atoms with Gasteiger partial charge in [-0.2, -0.15) is 0 Å². The maximum atomic E-state index is 13.0. The lowest BCUT2D eigenvalue weighted by atomic mass is 9.33. The van der Waals surface area contributed by atoms with Crippen LogP contribution in [0.1, 0.15) is 106 Å². The van der Waals surface area contributed by atoms with Crippen molar-refractivity contribution in [2.24, 2.45) is 62.6 Å². The van der Waals surface area contributed by atoms with Gasteiger partial charge in [0.15, 0.2) is 0 Å². The number of ether oxygens (including phenoxy) is 2. The van der Waals surface area contributed by atoms with Crippen molar-refractivity contribution in [3.63, 3.8) is 0 Å². The maximum Gasteiger partial charge on any atom is 0.310 e. The molecule has 0 bridgehead atoms. The van der Waals surface area contributed by atoms with E-state index in [4.69, 9.17) is 9.47 Å². The summed E-state index contributed by atoms with van der Waals surface area (Å²) in [5, 5.41) is 54.1. The van der Waals surface area contributed by atoms with Crippen LogP contribution < -0.4 is 0 Å². The molecule has 0 aromatic carbocycles. The molecule has 6 rings (SSSR count). The monoisotopic (exact) mass is 646 g/mol. The summed E-state index contributed by atoms with van der Waals surface area (Å²) in [6, 6.07) is 0. The van der Waals surface area contributed by atoms with Gasteiger partial charge in [-0.25, -0.2) is 0 Å². The zero-order valence-electron chi connectivity index (χ0n) is 28.8. The third-order valence-corrected chi connectivity index (χ3v) is 16.1. The molecule has 46 heavy (non-hydrogen) atoms. The molecule has 0 amide bonds. The summed E-state index contributed by atoms with van der Waals surface area (Å²) >= 11 is 0. The summed E-state index contributed by atoms with van der Waals surface area (Å²) in [5.74, 6) is 0.705. The highest BCUT2D eigenvalue weighted by Crippen LogP contribution is 2.76. The standard InChI is InChI=1S/C37H58O9/c1-19-10-15-37(32(43)44)17-16-35(6)21(25(37)20(19)2)8-9-24-34(5)13-11-22(33(3,4)23(34)12-14-36(24,35)7)26(39)30-28(41)27(40)29(42)31(46-30)45-18-38/h8,18-20,22-31,39-42H,9-17H2,1-7H3,(H,43,44)/t19-,20+,22-,23?,24?,25?,26+,27?,28+,29+,30+,31?,34+,35-,36-,37+/m1/s1. The van der Waals surface area contributed by atoms with Crippen LogP contribution in [0.4, 0.5) is 0 Å². The second kappa shape index (κ2) is 11.3. The Hall–Kier alpha value is -1.52. The zero-order valence-corrected chi connectivity index (χ0v) is 28.8. The molecule has 0 aromatic heterocycles. The van der Waals surface area contributed by atoms with Gasteiger partial charge < -0.3 is 35.0 Å². The van der Waals surface area contributed by atoms with Crippen LogP contribution in [0, 0.1) is 62.6 Å². The quantitative estimate of drug-likeness (QED) is 0.212. The van der Waals surface area contributed by atoms with E-state index in [1.807, 2.05) is 0 Å². The van der Waals surface area contributed by atoms with E-state index in [9.17, 15) is 35.1 Å². The van der Waals surface area contributed by atoms with E-state index in [2.05, 4.69) is 54.5 Å². The molecule has 9 nitrogen and oxygen atoms in total. The Kier molecular flexibility index (Phi) is 8.41. The number of aliphatic hydroxyl groups is 4. The molecule has 4 saturated carbocycles. The van der Waals surface area contributed by atoms with Gasteiger partial charge in [0, 0.05) is 0 Å². The zero-order chi connectivity index (χ0) is 33.8. The van der Waals surface area contributed by atoms with Crippen molar-refractivity contribution in [3.8, 4) is 0 Å². The fourth-order valence-electron chi connectivity index (χ4n) is 13.1. The minimum absolute atomic E-state index is 0.0112. The first-order valence-electron chi connectivity index (χ1n) is 17.8. The lowest BCUT2D eigenvalue weighted by molar-refractivity contribution is -0.308. The highest BCUT2D eigenvalue weighted by Gasteiger charge is 2.70. The minimum Gasteiger partial charge on any atom is -0.481 e. The summed E-state index contributed by atoms with van der Waals surface area (Å²) < 4.78 is 10.6. The van der Waals surface area contributed by atoms with E-state index in [1.54, 1.807) is 0 Å². The fraction of sp³-hybridized carbons (Fsp3) is 0.892. The van der Waals surface area contributed by atoms with Crippen LogP contribution in [0.3, 0.4) is 0 Å². The molecule has 1 saturated heterocycles. The van der Waals surface area contributed by atoms with Gasteiger partial charge in [-0.15, -0.1) is 0 Å². The normalized spacial score (nSPS) is 53.7. The van der Waals surface area contributed by atoms with Crippen LogP contribution in [0.2, 0.25) is 0 Å². The average Bonchev–Trinajstić information content (AvgIpc) is 2.99. The Morgan fingerprint density at radius 1 is 0.935 bits per heavy atom. The first-order chi connectivity index (χ1) is 21.4. The van der Waals surface area contributed by atoms with Gasteiger partial charge in [0.1, 0.15) is 24.4 Å². The molecule has 0 radical (unpaired) electrons. The number of rotatable bonds is 5. The fourth-order valence-corrected chi connectivity index (χ4v) is 13.1. The van der Waals surface area contributed by atoms with E-state index in [0.717, 1.165) is 51.4 Å². The van der Waals surface area contributed by atoms with Crippen molar-refractivity contribution in [1.29, 1.82) is 0 Å². The van der Waals surface area contributed by atoms with Crippen LogP contribution in [0.25, 0.3) is 0 Å². The van der Waals surface area contributed by atoms with Gasteiger partial charge in [0.25, 0.3) is 6.47 Å². The second-order valence-corrected chi connectivity index (χ2v) is 17.7. The number of aliphatic carboxylic acids is 1. The average molecular weight is 647 g/mol. The van der Waals surface area contributed by atoms with Crippen LogP contribution >= 0.6 is 0 Å². The molecule has 5 unspecified atom stereocenters. The SMILES string of the molecule is C[C@@H]1CC[C@]2(C(=O)O)CC[C@]3(C)C(=CCC4[C@@]5(C)CC[C@H]([C@H](O)[C@@H]6OC(OC=O)[C@@H](O)C(O)[C@@H]6O)C(C)(C)C5CC[C@]43C)C2[C@H]1C. The molecule has 260 valence electrons. The Labute approximate surface area is 274 Å². The largest absolute Gasteiger partial charge is 0.481 e. The molecule has 5 N–H and O–H groups in total. The summed E-state index contributed by atoms with van der Waals surface area (Å²) in [5.41, 5.74) is 0.322. The van der Waals surface area contributed by atoms with Crippen LogP contribution in [0.15, 0.2) is 11.6 Å². The van der Waals surface area contributed by atoms with E-state index in [1.165, 1.54) is 5.57 Å². The van der Waals surface area contributed by atoms with Gasteiger partial charge in [-0.05, 0) is 115 Å². The highest BCUT2D eigenvalue weighted by molar-refractivity contribution is 5.76. The molecule has 0 aromatic rings. The molecule has 5 fully saturated rings. The molecule has 5 aliphatic carbocycles. The van der Waals surface area contributed by atoms with E-state index >= 15 is 0 Å². The van der Waals surface area contributed by atoms with Crippen molar-refractivity contribution in [2.45, 2.75) is 143 Å². The first kappa shape index (κ1) is 34.3. The predicted octanol–water partition coefficient (Wildman–Crippen LogP) is 4.69. The summed E-state index contributed by atoms with van der Waals surface area (Å²) in [7, 11) is 0. The smallest absolute Gasteiger partial charge is 0.310 e. The van der Waals surface area contributed by atoms with Crippen molar-refractivity contribution < 1.29 is 44.6 Å². The predicted molar refractivity (Wildman–Crippen MR) is 170 cm³/mol. The van der Waals surface area contributed by atoms with E-state index < -0.39 is 48.2 Å². The van der Waals surface area contributed by atoms with Gasteiger partial charge in [0.2, 0.25) is 6.29 Å². The molecule has 1 heterocycles. The van der Waals surface area contributed by atoms with Crippen molar-refractivity contribution in [2.75, 3.05) is 0 Å². The summed E-state index contributed by atoms with van der Waals surface area (Å²) in [4.78, 5) is 24.0. The van der Waals surface area contributed by atoms with E-state index in [-0.39, 0.29) is 45.9 Å². The molecular formula is C37H58O9. The second-order valence-electron chi connectivity index (χ2n) is 17.7. The van der Waals surface area contributed by atoms with Gasteiger partial charge in [0.05, 0.1) is 11.5 Å². The van der Waals surface area contributed by atoms with Crippen LogP contribution in [-0.4, -0.2) is 74.8 Å². The Morgan fingerprint density at radius 3 is 2.28 bits per heavy atom. The maximum absolute atomic E-state index is 13.0. The third kappa shape index (κ3) is 4.43. The molecule has 0 spiro atoms. The lowest BCUT2D eigenvalue weighted by Gasteiger charge is -2.72. The number of hydrogen-bond acceptors (Lipinski definition) is 8. The molecule has 16 atom stereocenters. The van der Waals surface area contributed by atoms with Gasteiger partial charge in [-0.1, -0.05) is 60.1 Å². The Balaban J connectivity index is 1.31. The molecular weight excluding hydrogens is 588 g/mol. The number of carbonyl (C=O) groups is 2. The lowest BCUT2D eigenvalue weighted by Crippen LogP contribution is -2.67. The Bertz CT molecular complexity index is 1250. The van der Waals surface area contributed by atoms with Crippen LogP contribution in [0.5, 0.6) is 0 Å². The topological polar surface area (TPSA) is 154 Å². The summed E-state index contributed by atoms with van der Waals surface area (Å²) in [6.45, 7) is 16.5. The number of aliphatic hydroxyl groups excluding tert-OH is 4. The van der Waals surface area contributed by atoms with Crippen molar-refractivity contribution in [3.05, 3.63) is 11.6 Å². The Morgan fingerprint density at radius 2 is 1.63 bits per heavy atom. The van der Waals surface area contributed by atoms with E-state index in [0.29, 0.717) is 24.2 Å². The van der Waals surface area contributed by atoms with Crippen molar-refractivity contribution in [1.82, 2.24) is 0 Å². The highest BCUT2D eigenvalue weighted by atomic mass is 16.7. The number of allylic oxidation sites excluding steroid dienone is 2. The number of carbonyl (C=O) groups excluding carboxylic acids is 1. The minimum atomic E-state index is -1.63. The van der Waals surface area contributed by atoms with Gasteiger partial charge in [-0.3, -0.25) is 9.59 Å². The number of carboxylic acid groups (broad SMARTS) is 1. The summed E-state index contributed by atoms with van der Waals surface area (Å²) in [6.07, 6.45) is 1.77. The third-order valence-electron chi connectivity index (χ3n) is 16.1. The molecule has 9 heteroatoms. The number of fused-ring (bicyclic) bond motifs is 7. The van der Waals surface area contributed by atoms with Crippen molar-refractivity contribution >= 4 is 12.4 Å². The van der Waals surface area contributed by atoms with Gasteiger partial charge >= 0.3 is 5.97 Å². The molecule has 1 aliphatic heterocycles.